The van der Waals surface area contributed by atoms with Crippen LogP contribution in [-0.2, 0) is 9.53 Å². The third-order valence-corrected chi connectivity index (χ3v) is 5.09. The number of ether oxygens (including phenoxy) is 1. The second-order valence-electron chi connectivity index (χ2n) is 5.14. The number of unbranched alkanes of at least 4 members (excludes halogenated alkanes) is 1. The van der Waals surface area contributed by atoms with Crippen molar-refractivity contribution in [3.63, 3.8) is 0 Å². The van der Waals surface area contributed by atoms with Gasteiger partial charge in [-0.1, -0.05) is 20.3 Å². The predicted octanol–water partition coefficient (Wildman–Crippen LogP) is 3.40. The Bertz CT molecular complexity index is 325. The molecule has 0 radical (unpaired) electrons. The van der Waals surface area contributed by atoms with Gasteiger partial charge in [0.2, 0.25) is 0 Å². The Hall–Kier alpha value is -0.440. The van der Waals surface area contributed by atoms with Crippen molar-refractivity contribution in [1.82, 2.24) is 0 Å². The topological polar surface area (TPSA) is 66.8 Å². The third kappa shape index (κ3) is 6.03. The van der Waals surface area contributed by atoms with E-state index in [1.54, 1.807) is 12.7 Å². The minimum absolute atomic E-state index is 0.217. The highest BCUT2D eigenvalue weighted by Gasteiger charge is 2.33. The molecule has 1 rings (SSSR count). The lowest BCUT2D eigenvalue weighted by Crippen LogP contribution is -2.23. The summed E-state index contributed by atoms with van der Waals surface area (Å²) in [5, 5.41) is 0. The third-order valence-electron chi connectivity index (χ3n) is 3.37. The molecule has 4 nitrogen and oxygen atoms in total. The molecule has 1 aliphatic rings. The summed E-state index contributed by atoms with van der Waals surface area (Å²) in [7, 11) is -2.97. The number of carbonyl (C=O) groups excluding carboxylic acids is 1. The number of rotatable bonds is 6. The zero-order valence-corrected chi connectivity index (χ0v) is 12.9. The Morgan fingerprint density at radius 1 is 1.42 bits per heavy atom. The van der Waals surface area contributed by atoms with Crippen molar-refractivity contribution in [1.29, 1.82) is 0 Å². The fraction of sp³-hybridized carbons (Fsp3) is 0.786. The molecule has 0 aromatic carbocycles. The van der Waals surface area contributed by atoms with E-state index in [0.717, 1.165) is 44.1 Å². The van der Waals surface area contributed by atoms with Crippen LogP contribution in [0.3, 0.4) is 0 Å². The predicted molar refractivity (Wildman–Crippen MR) is 77.9 cm³/mol. The van der Waals surface area contributed by atoms with Gasteiger partial charge >= 0.3 is 5.97 Å². The normalized spacial score (nSPS) is 22.5. The first-order chi connectivity index (χ1) is 8.98. The molecule has 1 fully saturated rings. The maximum atomic E-state index is 11.4. The zero-order chi connectivity index (χ0) is 14.3. The van der Waals surface area contributed by atoms with E-state index in [9.17, 15) is 14.6 Å². The van der Waals surface area contributed by atoms with Crippen molar-refractivity contribution in [3.05, 3.63) is 11.4 Å². The monoisotopic (exact) mass is 289 g/mol. The fourth-order valence-electron chi connectivity index (χ4n) is 2.25. The minimum Gasteiger partial charge on any atom is -0.458 e. The highest BCUT2D eigenvalue weighted by Crippen LogP contribution is 2.54. The van der Waals surface area contributed by atoms with Crippen molar-refractivity contribution in [3.8, 4) is 0 Å². The number of carbonyl (C=O) groups is 1. The van der Waals surface area contributed by atoms with Crippen LogP contribution in [0.1, 0.15) is 58.8 Å². The summed E-state index contributed by atoms with van der Waals surface area (Å²) in [4.78, 5) is 31.5. The van der Waals surface area contributed by atoms with Crippen molar-refractivity contribution in [2.24, 2.45) is 0 Å². The lowest BCUT2D eigenvalue weighted by atomic mass is 9.93. The SMILES string of the molecule is CCCC[P+](O)(O)C=C1CCCCC1OC(=O)CC. The van der Waals surface area contributed by atoms with Crippen LogP contribution >= 0.6 is 7.72 Å². The Morgan fingerprint density at radius 2 is 2.16 bits per heavy atom. The van der Waals surface area contributed by atoms with Crippen LogP contribution in [-0.4, -0.2) is 28.0 Å². The summed E-state index contributed by atoms with van der Waals surface area (Å²) in [6, 6.07) is 0. The maximum Gasteiger partial charge on any atom is 0.306 e. The van der Waals surface area contributed by atoms with E-state index in [-0.39, 0.29) is 12.1 Å². The quantitative estimate of drug-likeness (QED) is 0.581. The summed E-state index contributed by atoms with van der Waals surface area (Å²) in [6.45, 7) is 3.80. The number of esters is 1. The van der Waals surface area contributed by atoms with E-state index in [0.29, 0.717) is 12.6 Å². The summed E-state index contributed by atoms with van der Waals surface area (Å²) in [5.41, 5.74) is 0.905. The van der Waals surface area contributed by atoms with Crippen molar-refractivity contribution in [2.75, 3.05) is 6.16 Å². The molecule has 1 atom stereocenters. The standard InChI is InChI=1S/C14H26O4P/c1-3-5-10-19(16,17)11-12-8-6-7-9-13(12)18-14(15)4-2/h11,13,16-17H,3-10H2,1-2H3/q+1. The molecule has 1 unspecified atom stereocenters. The van der Waals surface area contributed by atoms with Gasteiger partial charge in [-0.15, -0.1) is 0 Å². The molecule has 110 valence electrons. The molecule has 0 saturated heterocycles. The molecule has 19 heavy (non-hydrogen) atoms. The molecular formula is C14H26O4P+. The van der Waals surface area contributed by atoms with Gasteiger partial charge in [0.1, 0.15) is 18.1 Å². The van der Waals surface area contributed by atoms with Crippen molar-refractivity contribution < 1.29 is 19.3 Å². The lowest BCUT2D eigenvalue weighted by molar-refractivity contribution is -0.147. The van der Waals surface area contributed by atoms with E-state index < -0.39 is 7.72 Å². The summed E-state index contributed by atoms with van der Waals surface area (Å²) in [5.74, 6) is 1.39. The molecular weight excluding hydrogens is 263 g/mol. The minimum atomic E-state index is -2.97. The summed E-state index contributed by atoms with van der Waals surface area (Å²) in [6.07, 6.45) is 5.95. The van der Waals surface area contributed by atoms with Crippen LogP contribution in [0.15, 0.2) is 11.4 Å². The van der Waals surface area contributed by atoms with Crippen molar-refractivity contribution >= 4 is 13.7 Å². The van der Waals surface area contributed by atoms with E-state index in [1.165, 1.54) is 0 Å². The van der Waals surface area contributed by atoms with Crippen molar-refractivity contribution in [2.45, 2.75) is 64.9 Å². The molecule has 0 aromatic rings. The lowest BCUT2D eigenvalue weighted by Gasteiger charge is -2.25. The number of hydrogen-bond donors (Lipinski definition) is 2. The van der Waals surface area contributed by atoms with Crippen LogP contribution in [0.25, 0.3) is 0 Å². The highest BCUT2D eigenvalue weighted by atomic mass is 31.2. The second kappa shape index (κ2) is 7.98. The van der Waals surface area contributed by atoms with Crippen LogP contribution < -0.4 is 0 Å². The number of hydrogen-bond acceptors (Lipinski definition) is 4. The Kier molecular flexibility index (Phi) is 6.98. The maximum absolute atomic E-state index is 11.4. The van der Waals surface area contributed by atoms with Crippen LogP contribution in [0, 0.1) is 0 Å². The molecule has 0 heterocycles. The molecule has 2 N–H and O–H groups in total. The van der Waals surface area contributed by atoms with Crippen LogP contribution in [0.5, 0.6) is 0 Å². The highest BCUT2D eigenvalue weighted by molar-refractivity contribution is 7.67. The van der Waals surface area contributed by atoms with Gasteiger partial charge in [0.15, 0.2) is 0 Å². The summed E-state index contributed by atoms with van der Waals surface area (Å²) >= 11 is 0. The Labute approximate surface area is 116 Å². The van der Waals surface area contributed by atoms with E-state index in [1.807, 2.05) is 6.92 Å². The fourth-order valence-corrected chi connectivity index (χ4v) is 3.99. The van der Waals surface area contributed by atoms with Gasteiger partial charge < -0.3 is 4.74 Å². The smallest absolute Gasteiger partial charge is 0.306 e. The van der Waals surface area contributed by atoms with Gasteiger partial charge in [0, 0.05) is 12.0 Å². The molecule has 0 bridgehead atoms. The van der Waals surface area contributed by atoms with Gasteiger partial charge in [-0.05, 0) is 32.1 Å². The second-order valence-corrected chi connectivity index (χ2v) is 7.42. The molecule has 5 heteroatoms. The van der Waals surface area contributed by atoms with Gasteiger partial charge in [-0.3, -0.25) is 4.79 Å². The Morgan fingerprint density at radius 3 is 2.79 bits per heavy atom. The summed E-state index contributed by atoms with van der Waals surface area (Å²) < 4.78 is 5.39. The largest absolute Gasteiger partial charge is 0.458 e. The van der Waals surface area contributed by atoms with E-state index in [2.05, 4.69) is 0 Å². The first-order valence-corrected chi connectivity index (χ1v) is 9.17. The van der Waals surface area contributed by atoms with Gasteiger partial charge in [0.05, 0.1) is 0 Å². The zero-order valence-electron chi connectivity index (χ0n) is 12.0. The molecule has 0 aromatic heterocycles. The average molecular weight is 289 g/mol. The van der Waals surface area contributed by atoms with Crippen LogP contribution in [0.2, 0.25) is 0 Å². The average Bonchev–Trinajstić information content (AvgIpc) is 2.38. The molecule has 1 saturated carbocycles. The molecule has 0 spiro atoms. The van der Waals surface area contributed by atoms with Gasteiger partial charge in [-0.2, -0.15) is 0 Å². The Balaban J connectivity index is 2.72. The molecule has 1 aliphatic carbocycles. The first-order valence-electron chi connectivity index (χ1n) is 7.23. The van der Waals surface area contributed by atoms with E-state index >= 15 is 0 Å². The van der Waals surface area contributed by atoms with Gasteiger partial charge in [-0.25, -0.2) is 9.79 Å². The van der Waals surface area contributed by atoms with Crippen LogP contribution in [0.4, 0.5) is 0 Å². The molecule has 0 aliphatic heterocycles. The first kappa shape index (κ1) is 16.6. The van der Waals surface area contributed by atoms with Gasteiger partial charge in [0.25, 0.3) is 7.72 Å². The van der Waals surface area contributed by atoms with E-state index in [4.69, 9.17) is 4.74 Å². The molecule has 0 amide bonds.